The van der Waals surface area contributed by atoms with E-state index in [4.69, 9.17) is 0 Å². The van der Waals surface area contributed by atoms with E-state index in [9.17, 15) is 0 Å². The summed E-state index contributed by atoms with van der Waals surface area (Å²) in [5, 5.41) is 2.20. The molecule has 0 fully saturated rings. The maximum atomic E-state index is 4.24. The van der Waals surface area contributed by atoms with Gasteiger partial charge in [0.25, 0.3) is 0 Å². The number of nitrogens with zero attached hydrogens (tertiary/aromatic N) is 2. The zero-order valence-corrected chi connectivity index (χ0v) is 6.86. The minimum absolute atomic E-state index is 0.801. The number of nitrogens with one attached hydrogen (secondary N) is 1. The number of hydrogen-bond acceptors (Lipinski definition) is 2. The number of hydrogen-bond donors (Lipinski definition) is 1. The Bertz CT molecular complexity index is 568. The van der Waals surface area contributed by atoms with Crippen LogP contribution < -0.4 is 0 Å². The molecule has 62 valence electrons. The fraction of sp³-hybridized carbons (Fsp3) is 0. The maximum Gasteiger partial charge on any atom is 0.161 e. The molecule has 0 radical (unpaired) electrons. The first-order chi connectivity index (χ1) is 6.45. The molecule has 0 spiro atoms. The standard InChI is InChI=1S/C10H7N3/c1-2-7-6-13-10-8(3-5-12-10)9(7)11-4-1/h1-6,11H. The molecule has 3 nitrogen and oxygen atoms in total. The fourth-order valence-corrected chi connectivity index (χ4v) is 1.55. The molecule has 0 aliphatic heterocycles. The second kappa shape index (κ2) is 2.29. The van der Waals surface area contributed by atoms with E-state index in [2.05, 4.69) is 15.0 Å². The van der Waals surface area contributed by atoms with Gasteiger partial charge >= 0.3 is 0 Å². The molecule has 0 amide bonds. The summed E-state index contributed by atoms with van der Waals surface area (Å²) in [6, 6.07) is 5.97. The normalized spacial score (nSPS) is 11.1. The highest BCUT2D eigenvalue weighted by atomic mass is 14.8. The van der Waals surface area contributed by atoms with Crippen molar-refractivity contribution in [1.29, 1.82) is 0 Å². The van der Waals surface area contributed by atoms with Crippen molar-refractivity contribution in [2.75, 3.05) is 0 Å². The number of aromatic amines is 1. The minimum atomic E-state index is 0.801. The summed E-state index contributed by atoms with van der Waals surface area (Å²) in [6.07, 6.45) is 5.52. The lowest BCUT2D eigenvalue weighted by atomic mass is 10.2. The number of pyridine rings is 2. The van der Waals surface area contributed by atoms with Crippen molar-refractivity contribution in [3.8, 4) is 0 Å². The van der Waals surface area contributed by atoms with Crippen molar-refractivity contribution in [3.05, 3.63) is 36.8 Å². The molecule has 0 aromatic carbocycles. The number of rotatable bonds is 0. The van der Waals surface area contributed by atoms with Crippen LogP contribution in [0.5, 0.6) is 0 Å². The monoisotopic (exact) mass is 169 g/mol. The van der Waals surface area contributed by atoms with Gasteiger partial charge in [0.05, 0.1) is 5.52 Å². The van der Waals surface area contributed by atoms with Crippen LogP contribution in [-0.2, 0) is 0 Å². The first-order valence-electron chi connectivity index (χ1n) is 4.12. The maximum absolute atomic E-state index is 4.24. The molecular weight excluding hydrogens is 162 g/mol. The smallest absolute Gasteiger partial charge is 0.161 e. The highest BCUT2D eigenvalue weighted by molar-refractivity contribution is 6.01. The minimum Gasteiger partial charge on any atom is -0.361 e. The van der Waals surface area contributed by atoms with Crippen LogP contribution in [-0.4, -0.2) is 15.0 Å². The van der Waals surface area contributed by atoms with Crippen molar-refractivity contribution in [2.24, 2.45) is 0 Å². The molecule has 13 heavy (non-hydrogen) atoms. The zero-order chi connectivity index (χ0) is 8.67. The summed E-state index contributed by atoms with van der Waals surface area (Å²) in [6.45, 7) is 0. The van der Waals surface area contributed by atoms with Crippen molar-refractivity contribution in [1.82, 2.24) is 15.0 Å². The van der Waals surface area contributed by atoms with Gasteiger partial charge in [-0.2, -0.15) is 0 Å². The first kappa shape index (κ1) is 6.60. The Labute approximate surface area is 74.4 Å². The Balaban J connectivity index is 2.65. The third kappa shape index (κ3) is 0.839. The van der Waals surface area contributed by atoms with Crippen LogP contribution in [0, 0.1) is 0 Å². The van der Waals surface area contributed by atoms with Crippen molar-refractivity contribution in [3.63, 3.8) is 0 Å². The van der Waals surface area contributed by atoms with Gasteiger partial charge in [-0.05, 0) is 18.2 Å². The van der Waals surface area contributed by atoms with Gasteiger partial charge in [0.15, 0.2) is 5.65 Å². The molecule has 0 atom stereocenters. The summed E-state index contributed by atoms with van der Waals surface area (Å²) < 4.78 is 0. The second-order valence-corrected chi connectivity index (χ2v) is 2.94. The van der Waals surface area contributed by atoms with E-state index in [1.54, 1.807) is 6.20 Å². The van der Waals surface area contributed by atoms with Gasteiger partial charge in [-0.25, -0.2) is 9.97 Å². The summed E-state index contributed by atoms with van der Waals surface area (Å²) >= 11 is 0. The molecule has 3 rings (SSSR count). The second-order valence-electron chi connectivity index (χ2n) is 2.94. The molecule has 0 saturated heterocycles. The molecule has 3 heterocycles. The summed E-state index contributed by atoms with van der Waals surface area (Å²) in [4.78, 5) is 11.6. The van der Waals surface area contributed by atoms with Gasteiger partial charge in [0.2, 0.25) is 0 Å². The molecule has 3 aromatic rings. The van der Waals surface area contributed by atoms with Crippen LogP contribution >= 0.6 is 0 Å². The molecule has 0 bridgehead atoms. The lowest BCUT2D eigenvalue weighted by molar-refractivity contribution is 1.33. The third-order valence-corrected chi connectivity index (χ3v) is 2.16. The SMILES string of the molecule is c1c[nH]c2c(c1)cnc1nccc12. The van der Waals surface area contributed by atoms with Gasteiger partial charge in [0.1, 0.15) is 0 Å². The summed E-state index contributed by atoms with van der Waals surface area (Å²) in [5.74, 6) is 0. The number of H-pyrrole nitrogens is 1. The average Bonchev–Trinajstić information content (AvgIpc) is 2.65. The van der Waals surface area contributed by atoms with Crippen LogP contribution in [0.15, 0.2) is 36.8 Å². The first-order valence-corrected chi connectivity index (χ1v) is 4.12. The van der Waals surface area contributed by atoms with Crippen LogP contribution in [0.25, 0.3) is 21.9 Å². The van der Waals surface area contributed by atoms with Crippen molar-refractivity contribution >= 4 is 21.9 Å². The highest BCUT2D eigenvalue weighted by Gasteiger charge is 2.01. The molecule has 3 aromatic heterocycles. The van der Waals surface area contributed by atoms with Crippen LogP contribution in [0.1, 0.15) is 0 Å². The fourth-order valence-electron chi connectivity index (χ4n) is 1.55. The Morgan fingerprint density at radius 3 is 3.15 bits per heavy atom. The highest BCUT2D eigenvalue weighted by Crippen LogP contribution is 2.19. The van der Waals surface area contributed by atoms with Gasteiger partial charge in [0, 0.05) is 29.4 Å². The van der Waals surface area contributed by atoms with Crippen LogP contribution in [0.4, 0.5) is 0 Å². The summed E-state index contributed by atoms with van der Waals surface area (Å²) in [7, 11) is 0. The molecule has 0 unspecified atom stereocenters. The lowest BCUT2D eigenvalue weighted by Gasteiger charge is -1.97. The van der Waals surface area contributed by atoms with Gasteiger partial charge < -0.3 is 4.98 Å². The summed E-state index contributed by atoms with van der Waals surface area (Å²) in [5.41, 5.74) is 1.90. The largest absolute Gasteiger partial charge is 0.361 e. The number of aromatic nitrogens is 3. The van der Waals surface area contributed by atoms with Crippen molar-refractivity contribution in [2.45, 2.75) is 0 Å². The topological polar surface area (TPSA) is 41.6 Å². The molecule has 0 saturated carbocycles. The van der Waals surface area contributed by atoms with Crippen LogP contribution in [0.3, 0.4) is 0 Å². The van der Waals surface area contributed by atoms with E-state index in [1.807, 2.05) is 30.6 Å². The van der Waals surface area contributed by atoms with Crippen molar-refractivity contribution < 1.29 is 0 Å². The van der Waals surface area contributed by atoms with E-state index >= 15 is 0 Å². The van der Waals surface area contributed by atoms with E-state index in [1.165, 1.54) is 0 Å². The van der Waals surface area contributed by atoms with E-state index < -0.39 is 0 Å². The van der Waals surface area contributed by atoms with E-state index in [-0.39, 0.29) is 0 Å². The van der Waals surface area contributed by atoms with E-state index in [0.717, 1.165) is 21.9 Å². The van der Waals surface area contributed by atoms with Gasteiger partial charge in [-0.1, -0.05) is 0 Å². The predicted molar refractivity (Wildman–Crippen MR) is 51.4 cm³/mol. The molecule has 0 aliphatic rings. The molecule has 1 N–H and O–H groups in total. The Hall–Kier alpha value is -1.90. The third-order valence-electron chi connectivity index (χ3n) is 2.16. The Kier molecular flexibility index (Phi) is 1.16. The van der Waals surface area contributed by atoms with Gasteiger partial charge in [-0.15, -0.1) is 0 Å². The quantitative estimate of drug-likeness (QED) is 0.560. The molecular formula is C10H7N3. The Morgan fingerprint density at radius 2 is 2.15 bits per heavy atom. The predicted octanol–water partition coefficient (Wildman–Crippen LogP) is 2.11. The number of fused-ring (bicyclic) bond motifs is 3. The van der Waals surface area contributed by atoms with Gasteiger partial charge in [-0.3, -0.25) is 0 Å². The zero-order valence-electron chi connectivity index (χ0n) is 6.86. The van der Waals surface area contributed by atoms with E-state index in [0.29, 0.717) is 0 Å². The lowest BCUT2D eigenvalue weighted by Crippen LogP contribution is -1.81. The van der Waals surface area contributed by atoms with Crippen LogP contribution in [0.2, 0.25) is 0 Å². The Morgan fingerprint density at radius 1 is 1.15 bits per heavy atom. The average molecular weight is 169 g/mol. The molecule has 3 heteroatoms. The molecule has 0 aliphatic carbocycles.